The van der Waals surface area contributed by atoms with Gasteiger partial charge in [-0.2, -0.15) is 0 Å². The number of methoxy groups -OCH3 is 1. The van der Waals surface area contributed by atoms with Crippen LogP contribution in [0, 0.1) is 0 Å². The summed E-state index contributed by atoms with van der Waals surface area (Å²) in [6, 6.07) is 8.21. The molecule has 0 amide bonds. The molecule has 0 radical (unpaired) electrons. The highest BCUT2D eigenvalue weighted by Crippen LogP contribution is 2.30. The van der Waals surface area contributed by atoms with Gasteiger partial charge in [0, 0.05) is 23.9 Å². The fraction of sp³-hybridized carbons (Fsp3) is 0.333. The lowest BCUT2D eigenvalue weighted by atomic mass is 10.2. The first-order valence-corrected chi connectivity index (χ1v) is 8.31. The summed E-state index contributed by atoms with van der Waals surface area (Å²) in [4.78, 5) is 0. The van der Waals surface area contributed by atoms with Gasteiger partial charge in [0.2, 0.25) is 5.13 Å². The molecule has 4 nitrogen and oxygen atoms in total. The monoisotopic (exact) mass is 359 g/mol. The van der Waals surface area contributed by atoms with Gasteiger partial charge >= 0.3 is 0 Å². The third-order valence-corrected chi connectivity index (χ3v) is 5.13. The van der Waals surface area contributed by atoms with Gasteiger partial charge in [0.05, 0.1) is 6.61 Å². The maximum absolute atomic E-state index is 4.97. The Bertz CT molecular complexity index is 521. The smallest absolute Gasteiger partial charge is 0.206 e. The number of benzene rings is 1. The van der Waals surface area contributed by atoms with Crippen molar-refractivity contribution in [1.82, 2.24) is 10.2 Å². The second kappa shape index (κ2) is 7.84. The SMILES string of the molecule is COCCNc1nnc(SCc2ccccc2Br)s1. The molecule has 1 aromatic heterocycles. The standard InChI is InChI=1S/C12H14BrN3OS2/c1-17-7-6-14-11-15-16-12(19-11)18-8-9-4-2-3-5-10(9)13/h2-5H,6-8H2,1H3,(H,14,15). The number of anilines is 1. The molecular weight excluding hydrogens is 346 g/mol. The minimum Gasteiger partial charge on any atom is -0.383 e. The van der Waals surface area contributed by atoms with Gasteiger partial charge in [-0.15, -0.1) is 10.2 Å². The number of nitrogens with zero attached hydrogens (tertiary/aromatic N) is 2. The molecule has 2 aromatic rings. The van der Waals surface area contributed by atoms with Crippen molar-refractivity contribution in [1.29, 1.82) is 0 Å². The lowest BCUT2D eigenvalue weighted by Gasteiger charge is -2.01. The van der Waals surface area contributed by atoms with Gasteiger partial charge < -0.3 is 10.1 Å². The number of hydrogen-bond acceptors (Lipinski definition) is 6. The van der Waals surface area contributed by atoms with Crippen LogP contribution in [0.2, 0.25) is 0 Å². The maximum Gasteiger partial charge on any atom is 0.206 e. The third-order valence-electron chi connectivity index (χ3n) is 2.30. The summed E-state index contributed by atoms with van der Waals surface area (Å²) in [5.41, 5.74) is 1.26. The summed E-state index contributed by atoms with van der Waals surface area (Å²) in [6.07, 6.45) is 0. The van der Waals surface area contributed by atoms with Gasteiger partial charge in [-0.1, -0.05) is 57.2 Å². The Morgan fingerprint density at radius 3 is 3.00 bits per heavy atom. The average molecular weight is 360 g/mol. The van der Waals surface area contributed by atoms with E-state index in [0.717, 1.165) is 26.2 Å². The molecule has 0 bridgehead atoms. The van der Waals surface area contributed by atoms with E-state index >= 15 is 0 Å². The highest BCUT2D eigenvalue weighted by Gasteiger charge is 2.06. The van der Waals surface area contributed by atoms with E-state index in [2.05, 4.69) is 37.5 Å². The Hall–Kier alpha value is -0.630. The van der Waals surface area contributed by atoms with Crippen molar-refractivity contribution < 1.29 is 4.74 Å². The van der Waals surface area contributed by atoms with Crippen LogP contribution in [0.5, 0.6) is 0 Å². The van der Waals surface area contributed by atoms with Crippen LogP contribution in [0.15, 0.2) is 33.1 Å². The molecule has 2 rings (SSSR count). The molecule has 0 aliphatic rings. The van der Waals surface area contributed by atoms with Crippen LogP contribution in [0.3, 0.4) is 0 Å². The van der Waals surface area contributed by atoms with E-state index in [4.69, 9.17) is 4.74 Å². The molecular formula is C12H14BrN3OS2. The molecule has 0 aliphatic heterocycles. The molecule has 0 fully saturated rings. The van der Waals surface area contributed by atoms with E-state index in [1.54, 1.807) is 30.2 Å². The topological polar surface area (TPSA) is 47.0 Å². The van der Waals surface area contributed by atoms with Gasteiger partial charge in [0.1, 0.15) is 0 Å². The third kappa shape index (κ3) is 4.76. The van der Waals surface area contributed by atoms with Crippen LogP contribution in [-0.4, -0.2) is 30.5 Å². The van der Waals surface area contributed by atoms with Crippen LogP contribution in [0.25, 0.3) is 0 Å². The van der Waals surface area contributed by atoms with Crippen molar-refractivity contribution >= 4 is 44.2 Å². The number of rotatable bonds is 7. The lowest BCUT2D eigenvalue weighted by Crippen LogP contribution is -2.06. The van der Waals surface area contributed by atoms with Crippen LogP contribution >= 0.6 is 39.0 Å². The van der Waals surface area contributed by atoms with Crippen LogP contribution in [0.1, 0.15) is 5.56 Å². The first kappa shape index (κ1) is 14.8. The molecule has 0 atom stereocenters. The Morgan fingerprint density at radius 2 is 2.21 bits per heavy atom. The summed E-state index contributed by atoms with van der Waals surface area (Å²) in [7, 11) is 1.68. The van der Waals surface area contributed by atoms with Crippen molar-refractivity contribution in [3.63, 3.8) is 0 Å². The van der Waals surface area contributed by atoms with Crippen molar-refractivity contribution in [3.05, 3.63) is 34.3 Å². The van der Waals surface area contributed by atoms with Crippen molar-refractivity contribution in [2.75, 3.05) is 25.6 Å². The van der Waals surface area contributed by atoms with E-state index in [-0.39, 0.29) is 0 Å². The van der Waals surface area contributed by atoms with E-state index < -0.39 is 0 Å². The van der Waals surface area contributed by atoms with Crippen LogP contribution < -0.4 is 5.32 Å². The summed E-state index contributed by atoms with van der Waals surface area (Å²) < 4.78 is 7.07. The van der Waals surface area contributed by atoms with E-state index in [9.17, 15) is 0 Å². The van der Waals surface area contributed by atoms with Gasteiger partial charge in [-0.05, 0) is 11.6 Å². The van der Waals surface area contributed by atoms with Crippen LogP contribution in [-0.2, 0) is 10.5 Å². The molecule has 0 spiro atoms. The highest BCUT2D eigenvalue weighted by atomic mass is 79.9. The van der Waals surface area contributed by atoms with Gasteiger partial charge in [0.15, 0.2) is 4.34 Å². The second-order valence-corrected chi connectivity index (χ2v) is 6.73. The Balaban J connectivity index is 1.85. The first-order valence-electron chi connectivity index (χ1n) is 5.72. The zero-order valence-corrected chi connectivity index (χ0v) is 13.6. The molecule has 1 heterocycles. The fourth-order valence-electron chi connectivity index (χ4n) is 1.35. The average Bonchev–Trinajstić information content (AvgIpc) is 2.86. The molecule has 0 saturated carbocycles. The minimum absolute atomic E-state index is 0.666. The zero-order valence-electron chi connectivity index (χ0n) is 10.4. The molecule has 0 saturated heterocycles. The van der Waals surface area contributed by atoms with Crippen molar-refractivity contribution in [2.24, 2.45) is 0 Å². The number of ether oxygens (including phenoxy) is 1. The Labute approximate surface area is 129 Å². The quantitative estimate of drug-likeness (QED) is 0.603. The van der Waals surface area contributed by atoms with Gasteiger partial charge in [-0.3, -0.25) is 0 Å². The van der Waals surface area contributed by atoms with Crippen molar-refractivity contribution in [3.8, 4) is 0 Å². The number of hydrogen-bond donors (Lipinski definition) is 1. The Kier molecular flexibility index (Phi) is 6.09. The minimum atomic E-state index is 0.666. The highest BCUT2D eigenvalue weighted by molar-refractivity contribution is 9.10. The predicted molar refractivity (Wildman–Crippen MR) is 84.0 cm³/mol. The zero-order chi connectivity index (χ0) is 13.5. The number of halogens is 1. The lowest BCUT2D eigenvalue weighted by molar-refractivity contribution is 0.211. The first-order chi connectivity index (χ1) is 9.29. The van der Waals surface area contributed by atoms with Gasteiger partial charge in [0.25, 0.3) is 0 Å². The number of aromatic nitrogens is 2. The number of nitrogens with one attached hydrogen (secondary N) is 1. The molecule has 0 unspecified atom stereocenters. The largest absolute Gasteiger partial charge is 0.383 e. The maximum atomic E-state index is 4.97. The van der Waals surface area contributed by atoms with E-state index in [0.29, 0.717) is 6.61 Å². The molecule has 0 aliphatic carbocycles. The molecule has 1 aromatic carbocycles. The molecule has 7 heteroatoms. The normalized spacial score (nSPS) is 10.6. The van der Waals surface area contributed by atoms with Crippen molar-refractivity contribution in [2.45, 2.75) is 10.1 Å². The summed E-state index contributed by atoms with van der Waals surface area (Å²) in [5, 5.41) is 12.3. The predicted octanol–water partition coefficient (Wildman–Crippen LogP) is 3.65. The fourth-order valence-corrected chi connectivity index (χ4v) is 3.75. The molecule has 19 heavy (non-hydrogen) atoms. The summed E-state index contributed by atoms with van der Waals surface area (Å²) in [5.74, 6) is 0.883. The van der Waals surface area contributed by atoms with Crippen LogP contribution in [0.4, 0.5) is 5.13 Å². The van der Waals surface area contributed by atoms with Gasteiger partial charge in [-0.25, -0.2) is 0 Å². The second-order valence-electron chi connectivity index (χ2n) is 3.67. The molecule has 102 valence electrons. The van der Waals surface area contributed by atoms with E-state index in [1.165, 1.54) is 5.56 Å². The Morgan fingerprint density at radius 1 is 1.37 bits per heavy atom. The summed E-state index contributed by atoms with van der Waals surface area (Å²) >= 11 is 6.80. The summed E-state index contributed by atoms with van der Waals surface area (Å²) in [6.45, 7) is 1.42. The number of thioether (sulfide) groups is 1. The van der Waals surface area contributed by atoms with E-state index in [1.807, 2.05) is 18.2 Å². The molecule has 1 N–H and O–H groups in total.